The second-order valence-electron chi connectivity index (χ2n) is 6.73. The van der Waals surface area contributed by atoms with Crippen LogP contribution in [-0.2, 0) is 6.42 Å². The Morgan fingerprint density at radius 2 is 1.97 bits per heavy atom. The van der Waals surface area contributed by atoms with Crippen molar-refractivity contribution in [1.29, 1.82) is 5.26 Å². The summed E-state index contributed by atoms with van der Waals surface area (Å²) >= 11 is 0. The normalized spacial score (nSPS) is 11.2. The zero-order valence-electron chi connectivity index (χ0n) is 16.7. The lowest BCUT2D eigenvalue weighted by Gasteiger charge is -2.10. The number of hydrazone groups is 1. The van der Waals surface area contributed by atoms with Crippen LogP contribution in [0.3, 0.4) is 0 Å². The van der Waals surface area contributed by atoms with Crippen LogP contribution in [0.25, 0.3) is 16.7 Å². The van der Waals surface area contributed by atoms with E-state index in [-0.39, 0.29) is 0 Å². The molecule has 2 aromatic heterocycles. The predicted molar refractivity (Wildman–Crippen MR) is 114 cm³/mol. The number of nitriles is 1. The van der Waals surface area contributed by atoms with Gasteiger partial charge in [0.25, 0.3) is 5.82 Å². The first-order valence-electron chi connectivity index (χ1n) is 9.49. The van der Waals surface area contributed by atoms with E-state index in [2.05, 4.69) is 28.5 Å². The number of para-hydroxylation sites is 3. The van der Waals surface area contributed by atoms with Crippen molar-refractivity contribution in [3.8, 4) is 11.8 Å². The summed E-state index contributed by atoms with van der Waals surface area (Å²) < 4.78 is 7.43. The Hall–Kier alpha value is -3.85. The first-order chi connectivity index (χ1) is 14.2. The molecule has 0 atom stereocenters. The minimum atomic E-state index is 0.650. The van der Waals surface area contributed by atoms with Gasteiger partial charge in [-0.05, 0) is 43.2 Å². The molecule has 0 bridgehead atoms. The van der Waals surface area contributed by atoms with Gasteiger partial charge in [0.1, 0.15) is 28.4 Å². The molecule has 0 radical (unpaired) electrons. The molecule has 0 spiro atoms. The molecule has 0 saturated carbocycles. The summed E-state index contributed by atoms with van der Waals surface area (Å²) in [7, 11) is 1.64. The summed E-state index contributed by atoms with van der Waals surface area (Å²) in [6.45, 7) is 4.07. The van der Waals surface area contributed by atoms with Crippen molar-refractivity contribution in [2.45, 2.75) is 20.3 Å². The van der Waals surface area contributed by atoms with Crippen molar-refractivity contribution in [1.82, 2.24) is 4.98 Å². The van der Waals surface area contributed by atoms with Crippen LogP contribution in [0.5, 0.6) is 5.75 Å². The van der Waals surface area contributed by atoms with Crippen molar-refractivity contribution in [2.24, 2.45) is 5.10 Å². The molecule has 0 aliphatic rings. The van der Waals surface area contributed by atoms with E-state index in [1.807, 2.05) is 59.9 Å². The monoisotopic (exact) mass is 384 g/mol. The van der Waals surface area contributed by atoms with Crippen molar-refractivity contribution in [2.75, 3.05) is 12.5 Å². The zero-order chi connectivity index (χ0) is 20.4. The number of nitrogens with zero attached hydrogens (tertiary/aromatic N) is 3. The lowest BCUT2D eigenvalue weighted by molar-refractivity contribution is -0.465. The molecule has 4 aromatic rings. The minimum absolute atomic E-state index is 0.650. The third-order valence-electron chi connectivity index (χ3n) is 5.17. The fourth-order valence-electron chi connectivity index (χ4n) is 3.75. The van der Waals surface area contributed by atoms with E-state index >= 15 is 0 Å². The van der Waals surface area contributed by atoms with Crippen molar-refractivity contribution in [3.63, 3.8) is 0 Å². The van der Waals surface area contributed by atoms with Crippen molar-refractivity contribution < 1.29 is 9.14 Å². The Labute approximate surface area is 169 Å². The van der Waals surface area contributed by atoms with Crippen LogP contribution in [0.1, 0.15) is 29.2 Å². The Bertz CT molecular complexity index is 1280. The molecule has 29 heavy (non-hydrogen) atoms. The number of pyridine rings is 1. The standard InChI is InChI=1S/C23H21N5O/c1-4-17-15(2)18(13-24)22-26-19-10-6-7-11-20(19)28(22)23(17)27-25-14-16-9-5-8-12-21(16)29-3/h5-12,14H,4H2,1-3H3,(H,26,27)/p+1. The average Bonchev–Trinajstić information content (AvgIpc) is 3.13. The molecule has 2 N–H and O–H groups in total. The Morgan fingerprint density at radius 1 is 1.21 bits per heavy atom. The second kappa shape index (κ2) is 7.64. The quantitative estimate of drug-likeness (QED) is 0.309. The van der Waals surface area contributed by atoms with Crippen molar-refractivity contribution in [3.05, 3.63) is 70.8 Å². The van der Waals surface area contributed by atoms with E-state index < -0.39 is 0 Å². The van der Waals surface area contributed by atoms with Gasteiger partial charge in [-0.25, -0.2) is 0 Å². The maximum Gasteiger partial charge on any atom is 0.253 e. The zero-order valence-corrected chi connectivity index (χ0v) is 16.7. The highest BCUT2D eigenvalue weighted by Crippen LogP contribution is 2.26. The number of hydrogen-bond donors (Lipinski definition) is 2. The fraction of sp³-hybridized carbons (Fsp3) is 0.174. The van der Waals surface area contributed by atoms with Gasteiger partial charge >= 0.3 is 0 Å². The van der Waals surface area contributed by atoms with Gasteiger partial charge in [-0.3, -0.25) is 4.98 Å². The molecular weight excluding hydrogens is 362 g/mol. The highest BCUT2D eigenvalue weighted by Gasteiger charge is 2.24. The number of imidazole rings is 1. The largest absolute Gasteiger partial charge is 0.496 e. The number of fused-ring (bicyclic) bond motifs is 3. The second-order valence-corrected chi connectivity index (χ2v) is 6.73. The highest BCUT2D eigenvalue weighted by molar-refractivity contribution is 5.84. The maximum absolute atomic E-state index is 9.79. The number of aromatic amines is 1. The van der Waals surface area contributed by atoms with E-state index in [9.17, 15) is 5.26 Å². The van der Waals surface area contributed by atoms with Gasteiger partial charge in [0.15, 0.2) is 0 Å². The van der Waals surface area contributed by atoms with E-state index in [1.165, 1.54) is 0 Å². The summed E-state index contributed by atoms with van der Waals surface area (Å²) in [4.78, 5) is 3.39. The van der Waals surface area contributed by atoms with E-state index in [0.29, 0.717) is 5.56 Å². The highest BCUT2D eigenvalue weighted by atomic mass is 16.5. The van der Waals surface area contributed by atoms with Gasteiger partial charge in [0.05, 0.1) is 13.3 Å². The van der Waals surface area contributed by atoms with Gasteiger partial charge < -0.3 is 4.74 Å². The molecule has 0 unspecified atom stereocenters. The number of methoxy groups -OCH3 is 1. The first kappa shape index (κ1) is 18.5. The molecule has 2 aromatic carbocycles. The van der Waals surface area contributed by atoms with E-state index in [4.69, 9.17) is 4.74 Å². The van der Waals surface area contributed by atoms with Gasteiger partial charge in [-0.2, -0.15) is 15.1 Å². The summed E-state index contributed by atoms with van der Waals surface area (Å²) in [5, 5.41) is 14.3. The predicted octanol–water partition coefficient (Wildman–Crippen LogP) is 4.10. The van der Waals surface area contributed by atoms with Gasteiger partial charge in [-0.15, -0.1) is 5.10 Å². The van der Waals surface area contributed by atoms with Gasteiger partial charge in [0.2, 0.25) is 5.65 Å². The Balaban J connectivity index is 1.91. The number of ether oxygens (including phenoxy) is 1. The molecule has 2 heterocycles. The molecular formula is C23H22N5O+. The van der Waals surface area contributed by atoms with Crippen LogP contribution in [0.4, 0.5) is 5.82 Å². The van der Waals surface area contributed by atoms with Crippen LogP contribution in [-0.4, -0.2) is 18.3 Å². The van der Waals surface area contributed by atoms with Crippen LogP contribution in [0, 0.1) is 18.3 Å². The van der Waals surface area contributed by atoms with Crippen LogP contribution in [0.15, 0.2) is 53.6 Å². The molecule has 4 rings (SSSR count). The molecule has 0 amide bonds. The lowest BCUT2D eigenvalue weighted by Crippen LogP contribution is -2.28. The number of hydrogen-bond acceptors (Lipinski definition) is 4. The van der Waals surface area contributed by atoms with E-state index in [0.717, 1.165) is 51.4 Å². The number of anilines is 1. The molecule has 144 valence electrons. The van der Waals surface area contributed by atoms with Crippen LogP contribution < -0.4 is 14.6 Å². The number of H-pyrrole nitrogens is 1. The molecule has 0 aliphatic heterocycles. The molecule has 0 saturated heterocycles. The molecule has 0 fully saturated rings. The number of nitrogens with one attached hydrogen (secondary N) is 2. The molecule has 0 aliphatic carbocycles. The SMILES string of the molecule is CCc1c(C)c(C#N)c2[nH]c3ccccc3[n+]2c1NN=Cc1ccccc1OC. The molecule has 6 nitrogen and oxygen atoms in total. The Kier molecular flexibility index (Phi) is 4.88. The topological polar surface area (TPSA) is 77.3 Å². The summed E-state index contributed by atoms with van der Waals surface area (Å²) in [6, 6.07) is 18.1. The van der Waals surface area contributed by atoms with E-state index in [1.54, 1.807) is 13.3 Å². The summed E-state index contributed by atoms with van der Waals surface area (Å²) in [5.74, 6) is 1.61. The third-order valence-corrected chi connectivity index (χ3v) is 5.17. The lowest BCUT2D eigenvalue weighted by atomic mass is 10.0. The third kappa shape index (κ3) is 3.07. The van der Waals surface area contributed by atoms with Gasteiger partial charge in [0, 0.05) is 11.1 Å². The van der Waals surface area contributed by atoms with Crippen LogP contribution in [0.2, 0.25) is 0 Å². The first-order valence-corrected chi connectivity index (χ1v) is 9.49. The Morgan fingerprint density at radius 3 is 2.72 bits per heavy atom. The van der Waals surface area contributed by atoms with Gasteiger partial charge in [-0.1, -0.05) is 31.2 Å². The summed E-state index contributed by atoms with van der Waals surface area (Å²) in [6.07, 6.45) is 2.52. The number of benzene rings is 2. The van der Waals surface area contributed by atoms with Crippen molar-refractivity contribution >= 4 is 28.7 Å². The average molecular weight is 384 g/mol. The van der Waals surface area contributed by atoms with Crippen LogP contribution >= 0.6 is 0 Å². The minimum Gasteiger partial charge on any atom is -0.496 e. The maximum atomic E-state index is 9.79. The number of aromatic nitrogens is 2. The number of rotatable bonds is 5. The molecule has 6 heteroatoms. The smallest absolute Gasteiger partial charge is 0.253 e. The summed E-state index contributed by atoms with van der Waals surface area (Å²) in [5.41, 5.74) is 9.49. The fourth-order valence-corrected chi connectivity index (χ4v) is 3.75.